The van der Waals surface area contributed by atoms with Gasteiger partial charge in [0.05, 0.1) is 12.1 Å². The molecule has 0 radical (unpaired) electrons. The van der Waals surface area contributed by atoms with E-state index in [0.29, 0.717) is 5.91 Å². The molecule has 1 N–H and O–H groups in total. The molecule has 1 amide bonds. The maximum absolute atomic E-state index is 12.8. The third kappa shape index (κ3) is 3.46. The van der Waals surface area contributed by atoms with Crippen LogP contribution >= 0.6 is 12.4 Å². The smallest absolute Gasteiger partial charge is 0.227 e. The van der Waals surface area contributed by atoms with E-state index in [1.807, 2.05) is 24.1 Å². The minimum atomic E-state index is 0. The molecular formula is C16H27ClN4O. The van der Waals surface area contributed by atoms with Gasteiger partial charge in [-0.3, -0.25) is 9.48 Å². The molecule has 1 aromatic rings. The van der Waals surface area contributed by atoms with E-state index in [2.05, 4.69) is 22.2 Å². The van der Waals surface area contributed by atoms with Gasteiger partial charge >= 0.3 is 0 Å². The summed E-state index contributed by atoms with van der Waals surface area (Å²) in [5, 5.41) is 7.64. The Morgan fingerprint density at radius 2 is 2.09 bits per heavy atom. The SMILES string of the molecule is CCC1CCN(C(=O)[C@H]2CNC[C@@H]2c2cnn(C)c2)CC1.Cl. The van der Waals surface area contributed by atoms with E-state index < -0.39 is 0 Å². The molecule has 2 atom stereocenters. The zero-order valence-corrected chi connectivity index (χ0v) is 14.3. The van der Waals surface area contributed by atoms with Gasteiger partial charge < -0.3 is 10.2 Å². The molecule has 2 aliphatic rings. The predicted octanol–water partition coefficient (Wildman–Crippen LogP) is 1.79. The number of piperidine rings is 1. The fourth-order valence-corrected chi connectivity index (χ4v) is 3.72. The van der Waals surface area contributed by atoms with Crippen LogP contribution in [-0.4, -0.2) is 46.8 Å². The number of amides is 1. The van der Waals surface area contributed by atoms with Crippen molar-refractivity contribution in [3.8, 4) is 0 Å². The lowest BCUT2D eigenvalue weighted by Gasteiger charge is -2.34. The molecule has 0 spiro atoms. The molecule has 2 saturated heterocycles. The lowest BCUT2D eigenvalue weighted by Crippen LogP contribution is -2.43. The first-order chi connectivity index (χ1) is 10.2. The highest BCUT2D eigenvalue weighted by atomic mass is 35.5. The minimum Gasteiger partial charge on any atom is -0.342 e. The first-order valence-corrected chi connectivity index (χ1v) is 8.17. The minimum absolute atomic E-state index is 0. The van der Waals surface area contributed by atoms with Crippen molar-refractivity contribution < 1.29 is 4.79 Å². The molecule has 22 heavy (non-hydrogen) atoms. The third-order valence-corrected chi connectivity index (χ3v) is 5.19. The van der Waals surface area contributed by atoms with E-state index in [1.165, 1.54) is 24.8 Å². The number of aromatic nitrogens is 2. The van der Waals surface area contributed by atoms with Gasteiger partial charge in [0, 0.05) is 45.3 Å². The fourth-order valence-electron chi connectivity index (χ4n) is 3.72. The van der Waals surface area contributed by atoms with E-state index in [9.17, 15) is 4.79 Å². The summed E-state index contributed by atoms with van der Waals surface area (Å²) in [6.07, 6.45) is 7.52. The first-order valence-electron chi connectivity index (χ1n) is 8.17. The van der Waals surface area contributed by atoms with Crippen molar-refractivity contribution in [3.05, 3.63) is 18.0 Å². The van der Waals surface area contributed by atoms with Gasteiger partial charge in [-0.2, -0.15) is 5.10 Å². The number of nitrogens with one attached hydrogen (secondary N) is 1. The number of rotatable bonds is 3. The molecule has 2 aliphatic heterocycles. The van der Waals surface area contributed by atoms with Crippen molar-refractivity contribution in [1.82, 2.24) is 20.0 Å². The molecule has 3 rings (SSSR count). The summed E-state index contributed by atoms with van der Waals surface area (Å²) in [5.41, 5.74) is 1.18. The second kappa shape index (κ2) is 7.47. The summed E-state index contributed by atoms with van der Waals surface area (Å²) in [4.78, 5) is 14.9. The molecule has 3 heterocycles. The van der Waals surface area contributed by atoms with Crippen LogP contribution in [-0.2, 0) is 11.8 Å². The number of hydrogen-bond acceptors (Lipinski definition) is 3. The van der Waals surface area contributed by atoms with Crippen molar-refractivity contribution in [2.24, 2.45) is 18.9 Å². The highest BCUT2D eigenvalue weighted by molar-refractivity contribution is 5.85. The molecule has 1 aromatic heterocycles. The standard InChI is InChI=1S/C16H26N4O.ClH/c1-3-12-4-6-20(7-5-12)16(21)15-10-17-9-14(15)13-8-18-19(2)11-13;/h8,11-12,14-15,17H,3-7,9-10H2,1-2H3;1H/t14-,15+;/m1./s1. The summed E-state index contributed by atoms with van der Waals surface area (Å²) in [7, 11) is 1.93. The fraction of sp³-hybridized carbons (Fsp3) is 0.750. The van der Waals surface area contributed by atoms with Gasteiger partial charge in [0.25, 0.3) is 0 Å². The van der Waals surface area contributed by atoms with Gasteiger partial charge in [0.15, 0.2) is 0 Å². The molecular weight excluding hydrogens is 300 g/mol. The number of hydrogen-bond donors (Lipinski definition) is 1. The van der Waals surface area contributed by atoms with Gasteiger partial charge in [0.2, 0.25) is 5.91 Å². The second-order valence-corrected chi connectivity index (χ2v) is 6.50. The predicted molar refractivity (Wildman–Crippen MR) is 89.2 cm³/mol. The van der Waals surface area contributed by atoms with Crippen LogP contribution in [0.1, 0.15) is 37.7 Å². The number of carbonyl (C=O) groups excluding carboxylic acids is 1. The number of halogens is 1. The number of aryl methyl sites for hydroxylation is 1. The van der Waals surface area contributed by atoms with Gasteiger partial charge in [-0.25, -0.2) is 0 Å². The molecule has 2 fully saturated rings. The quantitative estimate of drug-likeness (QED) is 0.921. The van der Waals surface area contributed by atoms with Gasteiger partial charge in [-0.15, -0.1) is 12.4 Å². The van der Waals surface area contributed by atoms with Crippen LogP contribution in [0, 0.1) is 11.8 Å². The Bertz CT molecular complexity index is 496. The summed E-state index contributed by atoms with van der Waals surface area (Å²) in [6.45, 7) is 5.81. The van der Waals surface area contributed by atoms with E-state index >= 15 is 0 Å². The highest BCUT2D eigenvalue weighted by Gasteiger charge is 2.37. The van der Waals surface area contributed by atoms with Crippen LogP contribution in [0.25, 0.3) is 0 Å². The van der Waals surface area contributed by atoms with Crippen LogP contribution < -0.4 is 5.32 Å². The molecule has 0 saturated carbocycles. The van der Waals surface area contributed by atoms with Crippen molar-refractivity contribution in [3.63, 3.8) is 0 Å². The lowest BCUT2D eigenvalue weighted by atomic mass is 9.88. The average Bonchev–Trinajstić information content (AvgIpc) is 3.15. The topological polar surface area (TPSA) is 50.2 Å². The zero-order chi connectivity index (χ0) is 14.8. The van der Waals surface area contributed by atoms with Crippen molar-refractivity contribution in [2.75, 3.05) is 26.2 Å². The highest BCUT2D eigenvalue weighted by Crippen LogP contribution is 2.31. The molecule has 124 valence electrons. The van der Waals surface area contributed by atoms with Crippen LogP contribution in [0.4, 0.5) is 0 Å². The van der Waals surface area contributed by atoms with Crippen LogP contribution in [0.2, 0.25) is 0 Å². The average molecular weight is 327 g/mol. The Morgan fingerprint density at radius 1 is 1.36 bits per heavy atom. The monoisotopic (exact) mass is 326 g/mol. The third-order valence-electron chi connectivity index (χ3n) is 5.19. The number of carbonyl (C=O) groups is 1. The van der Waals surface area contributed by atoms with Crippen LogP contribution in [0.3, 0.4) is 0 Å². The number of nitrogens with zero attached hydrogens (tertiary/aromatic N) is 3. The summed E-state index contributed by atoms with van der Waals surface area (Å²) < 4.78 is 1.82. The zero-order valence-electron chi connectivity index (χ0n) is 13.5. The summed E-state index contributed by atoms with van der Waals surface area (Å²) in [6, 6.07) is 0. The maximum atomic E-state index is 12.8. The Hall–Kier alpha value is -1.07. The van der Waals surface area contributed by atoms with Crippen LogP contribution in [0.5, 0.6) is 0 Å². The Morgan fingerprint density at radius 3 is 2.68 bits per heavy atom. The van der Waals surface area contributed by atoms with Crippen molar-refractivity contribution in [1.29, 1.82) is 0 Å². The van der Waals surface area contributed by atoms with Crippen LogP contribution in [0.15, 0.2) is 12.4 Å². The molecule has 5 nitrogen and oxygen atoms in total. The number of likely N-dealkylation sites (tertiary alicyclic amines) is 1. The van der Waals surface area contributed by atoms with E-state index in [0.717, 1.165) is 32.1 Å². The first kappa shape index (κ1) is 17.3. The molecule has 0 aliphatic carbocycles. The van der Waals surface area contributed by atoms with Crippen molar-refractivity contribution in [2.45, 2.75) is 32.1 Å². The molecule has 0 unspecified atom stereocenters. The normalized spacial score (nSPS) is 26.0. The second-order valence-electron chi connectivity index (χ2n) is 6.50. The largest absolute Gasteiger partial charge is 0.342 e. The molecule has 0 aromatic carbocycles. The Kier molecular flexibility index (Phi) is 5.87. The van der Waals surface area contributed by atoms with E-state index in [4.69, 9.17) is 0 Å². The molecule has 0 bridgehead atoms. The van der Waals surface area contributed by atoms with Gasteiger partial charge in [-0.05, 0) is 24.3 Å². The van der Waals surface area contributed by atoms with Gasteiger partial charge in [0.1, 0.15) is 0 Å². The van der Waals surface area contributed by atoms with Gasteiger partial charge in [-0.1, -0.05) is 13.3 Å². The maximum Gasteiger partial charge on any atom is 0.227 e. The molecule has 6 heteroatoms. The Balaban J connectivity index is 0.00000176. The van der Waals surface area contributed by atoms with E-state index in [1.54, 1.807) is 0 Å². The lowest BCUT2D eigenvalue weighted by molar-refractivity contribution is -0.136. The van der Waals surface area contributed by atoms with Crippen molar-refractivity contribution >= 4 is 18.3 Å². The summed E-state index contributed by atoms with van der Waals surface area (Å²) in [5.74, 6) is 1.50. The summed E-state index contributed by atoms with van der Waals surface area (Å²) >= 11 is 0. The van der Waals surface area contributed by atoms with E-state index in [-0.39, 0.29) is 24.2 Å². The Labute approximate surface area is 138 Å².